The fraction of sp³-hybridized carbons (Fsp3) is 0.611. The lowest BCUT2D eigenvalue weighted by molar-refractivity contribution is 0.0764. The normalized spacial score (nSPS) is 23.6. The number of halogens is 1. The largest absolute Gasteiger partial charge is 0.598 e. The molecular formula is C18H25FN2O3S. The van der Waals surface area contributed by atoms with Crippen LogP contribution in [0.5, 0.6) is 0 Å². The molecule has 0 bridgehead atoms. The third-order valence-corrected chi connectivity index (χ3v) is 6.94. The Bertz CT molecular complexity index is 669. The first-order chi connectivity index (χ1) is 11.6. The van der Waals surface area contributed by atoms with Crippen molar-refractivity contribution in [3.05, 3.63) is 35.1 Å². The third-order valence-electron chi connectivity index (χ3n) is 5.38. The van der Waals surface area contributed by atoms with Crippen LogP contribution in [0.4, 0.5) is 9.18 Å². The van der Waals surface area contributed by atoms with Gasteiger partial charge in [0.25, 0.3) is 0 Å². The number of likely N-dealkylation sites (tertiary alicyclic amines) is 1. The van der Waals surface area contributed by atoms with Gasteiger partial charge >= 0.3 is 6.09 Å². The van der Waals surface area contributed by atoms with Gasteiger partial charge in [0.15, 0.2) is 0 Å². The average molecular weight is 368 g/mol. The molecule has 2 N–H and O–H groups in total. The van der Waals surface area contributed by atoms with Gasteiger partial charge in [0.2, 0.25) is 0 Å². The van der Waals surface area contributed by atoms with Gasteiger partial charge in [-0.1, -0.05) is 6.07 Å². The zero-order valence-corrected chi connectivity index (χ0v) is 15.7. The van der Waals surface area contributed by atoms with Crippen LogP contribution in [0.2, 0.25) is 0 Å². The lowest BCUT2D eigenvalue weighted by Gasteiger charge is -2.43. The quantitative estimate of drug-likeness (QED) is 0.786. The molecule has 1 aliphatic heterocycles. The fourth-order valence-electron chi connectivity index (χ4n) is 3.90. The number of rotatable bonds is 2. The van der Waals surface area contributed by atoms with E-state index in [-0.39, 0.29) is 17.3 Å². The van der Waals surface area contributed by atoms with Crippen LogP contribution in [0.15, 0.2) is 18.2 Å². The van der Waals surface area contributed by atoms with E-state index in [1.54, 1.807) is 12.1 Å². The van der Waals surface area contributed by atoms with Gasteiger partial charge in [0.1, 0.15) is 10.6 Å². The van der Waals surface area contributed by atoms with Crippen LogP contribution in [0.3, 0.4) is 0 Å². The molecule has 1 fully saturated rings. The van der Waals surface area contributed by atoms with E-state index in [0.717, 1.165) is 11.1 Å². The molecule has 1 aromatic carbocycles. The van der Waals surface area contributed by atoms with E-state index in [9.17, 15) is 18.8 Å². The summed E-state index contributed by atoms with van der Waals surface area (Å²) in [6, 6.07) is 4.63. The monoisotopic (exact) mass is 368 g/mol. The summed E-state index contributed by atoms with van der Waals surface area (Å²) >= 11 is -1.26. The number of nitrogens with one attached hydrogen (secondary N) is 1. The van der Waals surface area contributed by atoms with Crippen molar-refractivity contribution in [2.75, 3.05) is 13.1 Å². The molecule has 1 aromatic rings. The van der Waals surface area contributed by atoms with E-state index in [1.165, 1.54) is 11.0 Å². The minimum atomic E-state index is -1.26. The second-order valence-electron chi connectivity index (χ2n) is 8.08. The summed E-state index contributed by atoms with van der Waals surface area (Å²) in [4.78, 5) is 12.6. The highest BCUT2D eigenvalue weighted by Gasteiger charge is 2.50. The Hall–Kier alpha value is -1.31. The smallest absolute Gasteiger partial charge is 0.407 e. The van der Waals surface area contributed by atoms with E-state index in [2.05, 4.69) is 4.72 Å². The summed E-state index contributed by atoms with van der Waals surface area (Å²) in [5, 5.41) is 9.21. The maximum atomic E-state index is 13.7. The minimum Gasteiger partial charge on any atom is -0.598 e. The second-order valence-corrected chi connectivity index (χ2v) is 10.1. The van der Waals surface area contributed by atoms with Gasteiger partial charge < -0.3 is 14.6 Å². The molecule has 138 valence electrons. The van der Waals surface area contributed by atoms with Gasteiger partial charge in [-0.2, -0.15) is 0 Å². The summed E-state index contributed by atoms with van der Waals surface area (Å²) in [6.07, 6.45) is 1.13. The summed E-state index contributed by atoms with van der Waals surface area (Å²) in [6.45, 7) is 6.64. The SMILES string of the molecule is CC(C)(C)[S+]([O-])N[C@H]1c2ccc(F)cc2CC12CCN(C(=O)O)CC2. The summed E-state index contributed by atoms with van der Waals surface area (Å²) in [5.41, 5.74) is 1.71. The van der Waals surface area contributed by atoms with E-state index in [1.807, 2.05) is 20.8 Å². The third kappa shape index (κ3) is 3.50. The highest BCUT2D eigenvalue weighted by molar-refractivity contribution is 7.90. The fourth-order valence-corrected chi connectivity index (χ4v) is 4.85. The highest BCUT2D eigenvalue weighted by atomic mass is 32.2. The lowest BCUT2D eigenvalue weighted by atomic mass is 9.73. The molecular weight excluding hydrogens is 343 g/mol. The van der Waals surface area contributed by atoms with Gasteiger partial charge in [-0.3, -0.25) is 0 Å². The zero-order valence-electron chi connectivity index (χ0n) is 14.8. The molecule has 1 aliphatic carbocycles. The van der Waals surface area contributed by atoms with Gasteiger partial charge in [0, 0.05) is 29.9 Å². The predicted molar refractivity (Wildman–Crippen MR) is 95.1 cm³/mol. The number of fused-ring (bicyclic) bond motifs is 1. The van der Waals surface area contributed by atoms with Crippen LogP contribution in [0, 0.1) is 11.2 Å². The Morgan fingerprint density at radius 3 is 2.60 bits per heavy atom. The Morgan fingerprint density at radius 1 is 1.40 bits per heavy atom. The minimum absolute atomic E-state index is 0.154. The maximum Gasteiger partial charge on any atom is 0.407 e. The molecule has 0 aromatic heterocycles. The van der Waals surface area contributed by atoms with E-state index in [4.69, 9.17) is 0 Å². The molecule has 1 heterocycles. The van der Waals surface area contributed by atoms with Crippen molar-refractivity contribution in [1.82, 2.24) is 9.62 Å². The number of carboxylic acid groups (broad SMARTS) is 1. The average Bonchev–Trinajstić information content (AvgIpc) is 2.79. The molecule has 1 spiro atoms. The predicted octanol–water partition coefficient (Wildman–Crippen LogP) is 3.23. The lowest BCUT2D eigenvalue weighted by Crippen LogP contribution is -2.50. The Balaban J connectivity index is 1.90. The van der Waals surface area contributed by atoms with Crippen LogP contribution in [0.25, 0.3) is 0 Å². The van der Waals surface area contributed by atoms with Crippen molar-refractivity contribution in [2.24, 2.45) is 5.41 Å². The van der Waals surface area contributed by atoms with Crippen molar-refractivity contribution >= 4 is 17.5 Å². The standard InChI is InChI=1S/C18H25FN2O3S/c1-17(2,3)25(24)20-15-14-5-4-13(19)10-12(14)11-18(15)6-8-21(9-7-18)16(22)23/h4-5,10,15,20H,6-9,11H2,1-3H3,(H,22,23)/t15-,25?/m0/s1. The second kappa shape index (κ2) is 6.45. The molecule has 7 heteroatoms. The molecule has 1 saturated heterocycles. The number of nitrogens with zero attached hydrogens (tertiary/aromatic N) is 1. The topological polar surface area (TPSA) is 75.6 Å². The molecule has 25 heavy (non-hydrogen) atoms. The number of piperidine rings is 1. The number of amides is 1. The van der Waals surface area contributed by atoms with Crippen molar-refractivity contribution in [3.8, 4) is 0 Å². The van der Waals surface area contributed by atoms with Crippen molar-refractivity contribution < 1.29 is 18.8 Å². The van der Waals surface area contributed by atoms with Crippen LogP contribution in [-0.4, -0.2) is 38.5 Å². The number of hydrogen-bond acceptors (Lipinski definition) is 3. The van der Waals surface area contributed by atoms with Gasteiger partial charge in [-0.05, 0) is 63.3 Å². The number of carbonyl (C=O) groups is 1. The molecule has 2 aliphatic rings. The Morgan fingerprint density at radius 2 is 2.04 bits per heavy atom. The summed E-state index contributed by atoms with van der Waals surface area (Å²) in [5.74, 6) is -0.269. The first kappa shape index (κ1) is 18.5. The van der Waals surface area contributed by atoms with Crippen LogP contribution in [-0.2, 0) is 17.8 Å². The molecule has 3 rings (SSSR count). The highest BCUT2D eigenvalue weighted by Crippen LogP contribution is 2.52. The van der Waals surface area contributed by atoms with E-state index < -0.39 is 22.2 Å². The summed E-state index contributed by atoms with van der Waals surface area (Å²) < 4.78 is 29.3. The van der Waals surface area contributed by atoms with Gasteiger partial charge in [-0.25, -0.2) is 9.18 Å². The van der Waals surface area contributed by atoms with Crippen LogP contribution < -0.4 is 4.72 Å². The summed E-state index contributed by atoms with van der Waals surface area (Å²) in [7, 11) is 0. The Labute approximate surface area is 150 Å². The van der Waals surface area contributed by atoms with Crippen molar-refractivity contribution in [3.63, 3.8) is 0 Å². The number of hydrogen-bond donors (Lipinski definition) is 2. The molecule has 5 nitrogen and oxygen atoms in total. The first-order valence-electron chi connectivity index (χ1n) is 8.57. The maximum absolute atomic E-state index is 13.7. The molecule has 1 unspecified atom stereocenters. The van der Waals surface area contributed by atoms with Crippen LogP contribution >= 0.6 is 0 Å². The first-order valence-corrected chi connectivity index (χ1v) is 9.72. The van der Waals surface area contributed by atoms with Gasteiger partial charge in [-0.15, -0.1) is 4.72 Å². The zero-order chi connectivity index (χ0) is 18.4. The molecule has 0 saturated carbocycles. The van der Waals surface area contributed by atoms with E-state index >= 15 is 0 Å². The van der Waals surface area contributed by atoms with Crippen molar-refractivity contribution in [2.45, 2.75) is 50.8 Å². The van der Waals surface area contributed by atoms with Crippen LogP contribution in [0.1, 0.15) is 50.8 Å². The Kier molecular flexibility index (Phi) is 4.77. The number of benzene rings is 1. The van der Waals surface area contributed by atoms with Crippen molar-refractivity contribution in [1.29, 1.82) is 0 Å². The van der Waals surface area contributed by atoms with E-state index in [0.29, 0.717) is 32.4 Å². The molecule has 2 atom stereocenters. The molecule has 1 amide bonds. The molecule has 0 radical (unpaired) electrons. The van der Waals surface area contributed by atoms with Gasteiger partial charge in [0.05, 0.1) is 6.04 Å².